The van der Waals surface area contributed by atoms with Crippen LogP contribution in [0.25, 0.3) is 0 Å². The van der Waals surface area contributed by atoms with Crippen LogP contribution in [0.1, 0.15) is 5.56 Å². The Kier molecular flexibility index (Phi) is 3.18. The molecule has 5 heteroatoms. The molecular formula is C12H11F2N2O+. The summed E-state index contributed by atoms with van der Waals surface area (Å²) in [6, 6.07) is 6.63. The number of aromatic amines is 1. The van der Waals surface area contributed by atoms with E-state index in [0.717, 1.165) is 6.07 Å². The van der Waals surface area contributed by atoms with Gasteiger partial charge in [0.1, 0.15) is 18.2 Å². The summed E-state index contributed by atoms with van der Waals surface area (Å²) in [6.45, 7) is 0.0523. The Balaban J connectivity index is 2.10. The molecule has 0 fully saturated rings. The second-order valence-corrected chi connectivity index (χ2v) is 3.51. The summed E-state index contributed by atoms with van der Waals surface area (Å²) < 4.78 is 31.2. The Hall–Kier alpha value is -2.17. The number of nitrogen functional groups attached to an aromatic ring is 1. The summed E-state index contributed by atoms with van der Waals surface area (Å²) in [5.41, 5.74) is 6.02. The highest BCUT2D eigenvalue weighted by Crippen LogP contribution is 2.17. The lowest BCUT2D eigenvalue weighted by atomic mass is 10.2. The lowest BCUT2D eigenvalue weighted by Gasteiger charge is -2.05. The fourth-order valence-corrected chi connectivity index (χ4v) is 1.42. The lowest BCUT2D eigenvalue weighted by molar-refractivity contribution is -0.361. The predicted octanol–water partition coefficient (Wildman–Crippen LogP) is 1.94. The number of rotatable bonds is 3. The molecule has 0 aliphatic rings. The van der Waals surface area contributed by atoms with Gasteiger partial charge in [-0.2, -0.15) is 0 Å². The highest BCUT2D eigenvalue weighted by atomic mass is 19.1. The van der Waals surface area contributed by atoms with Crippen molar-refractivity contribution in [3.05, 3.63) is 53.7 Å². The molecular weight excluding hydrogens is 226 g/mol. The zero-order valence-corrected chi connectivity index (χ0v) is 8.91. The van der Waals surface area contributed by atoms with Gasteiger partial charge < -0.3 is 4.74 Å². The van der Waals surface area contributed by atoms with Crippen LogP contribution in [0.2, 0.25) is 0 Å². The fourth-order valence-electron chi connectivity index (χ4n) is 1.42. The number of nitrogens with one attached hydrogen (secondary N) is 1. The Morgan fingerprint density at radius 1 is 1.18 bits per heavy atom. The fraction of sp³-hybridized carbons (Fsp3) is 0.0833. The highest BCUT2D eigenvalue weighted by Gasteiger charge is 2.06. The Labute approximate surface area is 96.9 Å². The molecule has 0 spiro atoms. The van der Waals surface area contributed by atoms with E-state index in [1.165, 1.54) is 12.1 Å². The van der Waals surface area contributed by atoms with Crippen LogP contribution in [-0.2, 0) is 6.61 Å². The van der Waals surface area contributed by atoms with Gasteiger partial charge in [0.25, 0.3) is 0 Å². The maximum Gasteiger partial charge on any atom is 0.313 e. The van der Waals surface area contributed by atoms with Gasteiger partial charge in [-0.05, 0) is 29.8 Å². The molecule has 0 atom stereocenters. The molecule has 1 heterocycles. The molecule has 17 heavy (non-hydrogen) atoms. The number of hydrogen-bond donors (Lipinski definition) is 1. The SMILES string of the molecule is Nc1[nH+]cccc1OCc1cc(F)cc(F)c1. The van der Waals surface area contributed by atoms with Crippen molar-refractivity contribution in [3.63, 3.8) is 0 Å². The summed E-state index contributed by atoms with van der Waals surface area (Å²) in [5.74, 6) is -0.450. The molecule has 2 aromatic rings. The first-order valence-electron chi connectivity index (χ1n) is 4.99. The third-order valence-corrected chi connectivity index (χ3v) is 2.16. The molecule has 0 saturated carbocycles. The molecule has 88 valence electrons. The van der Waals surface area contributed by atoms with Gasteiger partial charge in [-0.3, -0.25) is 5.73 Å². The van der Waals surface area contributed by atoms with Crippen LogP contribution in [-0.4, -0.2) is 0 Å². The van der Waals surface area contributed by atoms with Crippen LogP contribution in [0.15, 0.2) is 36.5 Å². The van der Waals surface area contributed by atoms with E-state index in [1.807, 2.05) is 0 Å². The molecule has 0 aliphatic heterocycles. The minimum absolute atomic E-state index is 0.0523. The van der Waals surface area contributed by atoms with Gasteiger partial charge in [-0.1, -0.05) is 0 Å². The van der Waals surface area contributed by atoms with Crippen LogP contribution in [0.5, 0.6) is 5.75 Å². The number of H-pyrrole nitrogens is 1. The summed E-state index contributed by atoms with van der Waals surface area (Å²) in [4.78, 5) is 2.76. The van der Waals surface area contributed by atoms with Crippen molar-refractivity contribution in [1.29, 1.82) is 0 Å². The number of aromatic nitrogens is 1. The van der Waals surface area contributed by atoms with Crippen molar-refractivity contribution in [2.75, 3.05) is 5.73 Å². The second kappa shape index (κ2) is 4.78. The van der Waals surface area contributed by atoms with Gasteiger partial charge >= 0.3 is 5.82 Å². The largest absolute Gasteiger partial charge is 0.481 e. The van der Waals surface area contributed by atoms with Gasteiger partial charge in [0.2, 0.25) is 5.75 Å². The van der Waals surface area contributed by atoms with Crippen molar-refractivity contribution in [1.82, 2.24) is 0 Å². The van der Waals surface area contributed by atoms with Crippen molar-refractivity contribution < 1.29 is 18.5 Å². The summed E-state index contributed by atoms with van der Waals surface area (Å²) in [7, 11) is 0. The normalized spacial score (nSPS) is 10.2. The van der Waals surface area contributed by atoms with Gasteiger partial charge in [0.15, 0.2) is 0 Å². The quantitative estimate of drug-likeness (QED) is 0.886. The minimum atomic E-state index is -0.629. The molecule has 0 saturated heterocycles. The van der Waals surface area contributed by atoms with Crippen molar-refractivity contribution >= 4 is 5.82 Å². The second-order valence-electron chi connectivity index (χ2n) is 3.51. The third kappa shape index (κ3) is 2.90. The van der Waals surface area contributed by atoms with Crippen LogP contribution in [0, 0.1) is 11.6 Å². The Morgan fingerprint density at radius 3 is 2.53 bits per heavy atom. The maximum absolute atomic E-state index is 12.9. The van der Waals surface area contributed by atoms with E-state index in [1.54, 1.807) is 18.3 Å². The van der Waals surface area contributed by atoms with Gasteiger partial charge in [0.05, 0.1) is 6.20 Å². The molecule has 1 aromatic carbocycles. The molecule has 0 aliphatic carbocycles. The Bertz CT molecular complexity index is 511. The number of halogens is 2. The molecule has 0 bridgehead atoms. The first-order chi connectivity index (χ1) is 8.15. The number of anilines is 1. The molecule has 2 rings (SSSR count). The van der Waals surface area contributed by atoms with E-state index in [9.17, 15) is 8.78 Å². The summed E-state index contributed by atoms with van der Waals surface area (Å²) in [6.07, 6.45) is 1.66. The highest BCUT2D eigenvalue weighted by molar-refractivity contribution is 5.39. The van der Waals surface area contributed by atoms with E-state index >= 15 is 0 Å². The van der Waals surface area contributed by atoms with E-state index in [-0.39, 0.29) is 6.61 Å². The average Bonchev–Trinajstić information content (AvgIpc) is 2.27. The van der Waals surface area contributed by atoms with Crippen molar-refractivity contribution in [2.24, 2.45) is 0 Å². The number of ether oxygens (including phenoxy) is 1. The van der Waals surface area contributed by atoms with E-state index in [2.05, 4.69) is 4.98 Å². The van der Waals surface area contributed by atoms with Crippen LogP contribution >= 0.6 is 0 Å². The summed E-state index contributed by atoms with van der Waals surface area (Å²) >= 11 is 0. The number of hydrogen-bond acceptors (Lipinski definition) is 2. The van der Waals surface area contributed by atoms with Crippen LogP contribution in [0.3, 0.4) is 0 Å². The molecule has 0 radical (unpaired) electrons. The number of pyridine rings is 1. The van der Waals surface area contributed by atoms with E-state index in [4.69, 9.17) is 10.5 Å². The molecule has 3 N–H and O–H groups in total. The monoisotopic (exact) mass is 237 g/mol. The molecule has 3 nitrogen and oxygen atoms in total. The van der Waals surface area contributed by atoms with Crippen LogP contribution < -0.4 is 15.5 Å². The summed E-state index contributed by atoms with van der Waals surface area (Å²) in [5, 5.41) is 0. The van der Waals surface area contributed by atoms with Crippen LogP contribution in [0.4, 0.5) is 14.6 Å². The average molecular weight is 237 g/mol. The zero-order chi connectivity index (χ0) is 12.3. The van der Waals surface area contributed by atoms with Gasteiger partial charge in [-0.25, -0.2) is 13.8 Å². The van der Waals surface area contributed by atoms with Gasteiger partial charge in [0, 0.05) is 6.07 Å². The van der Waals surface area contributed by atoms with Gasteiger partial charge in [-0.15, -0.1) is 0 Å². The van der Waals surface area contributed by atoms with Crippen molar-refractivity contribution in [2.45, 2.75) is 6.61 Å². The van der Waals surface area contributed by atoms with E-state index < -0.39 is 11.6 Å². The smallest absolute Gasteiger partial charge is 0.313 e. The number of benzene rings is 1. The topological polar surface area (TPSA) is 49.4 Å². The third-order valence-electron chi connectivity index (χ3n) is 2.16. The maximum atomic E-state index is 12.9. The molecule has 0 amide bonds. The lowest BCUT2D eigenvalue weighted by Crippen LogP contribution is -2.11. The first kappa shape index (κ1) is 11.3. The zero-order valence-electron chi connectivity index (χ0n) is 8.91. The molecule has 0 unspecified atom stereocenters. The minimum Gasteiger partial charge on any atom is -0.481 e. The predicted molar refractivity (Wildman–Crippen MR) is 58.1 cm³/mol. The Morgan fingerprint density at radius 2 is 1.88 bits per heavy atom. The van der Waals surface area contributed by atoms with E-state index in [0.29, 0.717) is 17.1 Å². The first-order valence-corrected chi connectivity index (χ1v) is 4.99. The number of nitrogens with two attached hydrogens (primary N) is 1. The van der Waals surface area contributed by atoms with Crippen molar-refractivity contribution in [3.8, 4) is 5.75 Å². The standard InChI is InChI=1S/C12H10F2N2O/c13-9-4-8(5-10(14)6-9)7-17-11-2-1-3-16-12(11)15/h1-6H,7H2,(H2,15,16)/p+1. The molecule has 1 aromatic heterocycles.